The van der Waals surface area contributed by atoms with Gasteiger partial charge in [0.05, 0.1) is 56.9 Å². The van der Waals surface area contributed by atoms with Crippen molar-refractivity contribution < 1.29 is 37.9 Å². The van der Waals surface area contributed by atoms with E-state index in [4.69, 9.17) is 37.9 Å². The van der Waals surface area contributed by atoms with Crippen LogP contribution in [0.3, 0.4) is 0 Å². The Morgan fingerprint density at radius 1 is 0.208 bits per heavy atom. The summed E-state index contributed by atoms with van der Waals surface area (Å²) in [5.74, 6) is 6.18. The van der Waals surface area contributed by atoms with E-state index in [2.05, 4.69) is 215 Å². The minimum atomic E-state index is -0.796. The zero-order valence-electron chi connectivity index (χ0n) is 55.4. The molecule has 12 heteroatoms. The summed E-state index contributed by atoms with van der Waals surface area (Å²) >= 11 is 0. The van der Waals surface area contributed by atoms with Crippen LogP contribution < -0.4 is 57.5 Å². The summed E-state index contributed by atoms with van der Waals surface area (Å²) < 4.78 is 45.4. The second kappa shape index (κ2) is 27.4. The van der Waals surface area contributed by atoms with Crippen molar-refractivity contribution in [3.63, 3.8) is 0 Å². The Morgan fingerprint density at radius 3 is 0.594 bits per heavy atom. The van der Waals surface area contributed by atoms with Gasteiger partial charge in [-0.3, -0.25) is 0 Å². The molecule has 0 saturated carbocycles. The van der Waals surface area contributed by atoms with Crippen molar-refractivity contribution in [3.05, 3.63) is 313 Å². The van der Waals surface area contributed by atoms with E-state index in [1.54, 1.807) is 56.9 Å². The number of nitrogens with zero attached hydrogens (tertiary/aromatic N) is 4. The van der Waals surface area contributed by atoms with E-state index in [0.29, 0.717) is 6.42 Å². The van der Waals surface area contributed by atoms with Crippen LogP contribution in [0.4, 0.5) is 68.2 Å². The lowest BCUT2D eigenvalue weighted by Gasteiger charge is -2.36. The third kappa shape index (κ3) is 12.2. The first-order chi connectivity index (χ1) is 47.0. The van der Waals surface area contributed by atoms with Crippen molar-refractivity contribution in [1.82, 2.24) is 0 Å². The molecule has 0 aromatic heterocycles. The molecule has 1 unspecified atom stereocenters. The largest absolute Gasteiger partial charge is 0.497 e. The van der Waals surface area contributed by atoms with Gasteiger partial charge in [-0.2, -0.15) is 0 Å². The van der Waals surface area contributed by atoms with Crippen LogP contribution in [0.1, 0.15) is 41.2 Å². The predicted octanol–water partition coefficient (Wildman–Crippen LogP) is 20.7. The number of ether oxygens (including phenoxy) is 8. The van der Waals surface area contributed by atoms with E-state index in [1.807, 2.05) is 97.1 Å². The molecule has 0 aliphatic heterocycles. The maximum atomic E-state index is 5.73. The molecule has 96 heavy (non-hydrogen) atoms. The highest BCUT2D eigenvalue weighted by Gasteiger charge is 2.53. The molecule has 0 radical (unpaired) electrons. The summed E-state index contributed by atoms with van der Waals surface area (Å²) in [6, 6.07) is 100. The molecular formula is C84H76N4O8. The maximum absolute atomic E-state index is 5.73. The Kier molecular flexibility index (Phi) is 18.0. The predicted molar refractivity (Wildman–Crippen MR) is 388 cm³/mol. The van der Waals surface area contributed by atoms with Gasteiger partial charge in [-0.1, -0.05) is 49.4 Å². The van der Waals surface area contributed by atoms with Crippen LogP contribution >= 0.6 is 0 Å². The molecule has 1 aliphatic rings. The van der Waals surface area contributed by atoms with Crippen LogP contribution in [0.25, 0.3) is 0 Å². The lowest BCUT2D eigenvalue weighted by Crippen LogP contribution is -2.30. The molecule has 12 nitrogen and oxygen atoms in total. The van der Waals surface area contributed by atoms with Gasteiger partial charge in [-0.25, -0.2) is 0 Å². The minimum Gasteiger partial charge on any atom is -0.497 e. The van der Waals surface area contributed by atoms with Gasteiger partial charge in [0.1, 0.15) is 46.0 Å². The van der Waals surface area contributed by atoms with Crippen LogP contribution in [0.5, 0.6) is 46.0 Å². The second-order valence-corrected chi connectivity index (χ2v) is 23.7. The SMILES string of the molecule is COc1ccc(N(c2ccc(OC)cc2)c2ccc(C3(C)CC(c4ccc(N(c5ccc(OC)cc5)c5ccc(OC)cc5)cc4)(c4ccc(N(c5ccc(OC)cc5)c5ccc(OC)cc5)cc4)c4cc(N(c5ccc(OC)cc5)c5ccc(OC)cc5)ccc43)cc2)cc1. The lowest BCUT2D eigenvalue weighted by molar-refractivity contribution is 0.414. The highest BCUT2D eigenvalue weighted by atomic mass is 16.5. The lowest BCUT2D eigenvalue weighted by atomic mass is 9.67. The van der Waals surface area contributed by atoms with E-state index in [1.165, 1.54) is 11.1 Å². The molecule has 480 valence electrons. The molecule has 12 aromatic rings. The standard InChI is InChI=1S/C84H76N4O8/c1-83(58-10-16-61(17-11-58)85(64-22-39-73(89-2)40-23-64)65-24-41-74(90-3)42-25-65)57-84(59-12-18-62(19-13-59)86(66-26-43-75(91-4)44-27-66)67-28-45-76(92-5)46-29-67,60-14-20-63(21-15-60)87(68-30-47-77(93-6)48-31-68)69-32-49-78(94-7)50-33-69)82-56-72(38-55-81(82)83)88(70-34-51-79(95-8)52-35-70)71-36-53-80(96-9)54-37-71/h10-56H,57H2,1-9H3. The number of anilines is 12. The third-order valence-corrected chi connectivity index (χ3v) is 18.6. The fraction of sp³-hybridized carbons (Fsp3) is 0.143. The van der Waals surface area contributed by atoms with Gasteiger partial charge in [0.25, 0.3) is 0 Å². The summed E-state index contributed by atoms with van der Waals surface area (Å²) in [6.07, 6.45) is 0.657. The Hall–Kier alpha value is -11.8. The molecule has 13 rings (SSSR count). The van der Waals surface area contributed by atoms with Crippen LogP contribution in [0, 0.1) is 0 Å². The van der Waals surface area contributed by atoms with E-state index >= 15 is 0 Å². The van der Waals surface area contributed by atoms with Crippen molar-refractivity contribution in [2.24, 2.45) is 0 Å². The molecule has 0 heterocycles. The first-order valence-electron chi connectivity index (χ1n) is 31.8. The number of rotatable bonds is 23. The molecule has 1 aliphatic carbocycles. The average Bonchev–Trinajstić information content (AvgIpc) is 1.53. The van der Waals surface area contributed by atoms with Gasteiger partial charge < -0.3 is 57.5 Å². The quantitative estimate of drug-likeness (QED) is 0.0611. The summed E-state index contributed by atoms with van der Waals surface area (Å²) in [4.78, 5) is 9.12. The highest BCUT2D eigenvalue weighted by molar-refractivity contribution is 5.83. The smallest absolute Gasteiger partial charge is 0.119 e. The zero-order chi connectivity index (χ0) is 66.3. The summed E-state index contributed by atoms with van der Waals surface area (Å²) in [5, 5.41) is 0. The Morgan fingerprint density at radius 2 is 0.385 bits per heavy atom. The van der Waals surface area contributed by atoms with Gasteiger partial charge in [0.2, 0.25) is 0 Å². The molecule has 0 bridgehead atoms. The molecule has 0 spiro atoms. The van der Waals surface area contributed by atoms with Crippen LogP contribution in [0.2, 0.25) is 0 Å². The van der Waals surface area contributed by atoms with Gasteiger partial charge >= 0.3 is 0 Å². The molecule has 1 atom stereocenters. The Labute approximate surface area is 562 Å². The summed E-state index contributed by atoms with van der Waals surface area (Å²) in [5.41, 5.74) is 16.1. The number of benzene rings is 12. The van der Waals surface area contributed by atoms with Crippen LogP contribution in [-0.4, -0.2) is 56.9 Å². The van der Waals surface area contributed by atoms with E-state index in [9.17, 15) is 0 Å². The molecule has 0 fully saturated rings. The highest BCUT2D eigenvalue weighted by Crippen LogP contribution is 2.61. The number of methoxy groups -OCH3 is 8. The topological polar surface area (TPSA) is 86.8 Å². The van der Waals surface area contributed by atoms with E-state index < -0.39 is 10.8 Å². The molecule has 0 saturated heterocycles. The van der Waals surface area contributed by atoms with Crippen molar-refractivity contribution in [2.75, 3.05) is 76.5 Å². The van der Waals surface area contributed by atoms with Crippen molar-refractivity contribution in [1.29, 1.82) is 0 Å². The molecule has 0 amide bonds. The van der Waals surface area contributed by atoms with Crippen molar-refractivity contribution >= 4 is 68.2 Å². The third-order valence-electron chi connectivity index (χ3n) is 18.6. The number of hydrogen-bond acceptors (Lipinski definition) is 12. The van der Waals surface area contributed by atoms with Crippen LogP contribution in [-0.2, 0) is 10.8 Å². The van der Waals surface area contributed by atoms with E-state index in [-0.39, 0.29) is 0 Å². The average molecular weight is 1270 g/mol. The van der Waals surface area contributed by atoms with Crippen molar-refractivity contribution in [3.8, 4) is 46.0 Å². The fourth-order valence-electron chi connectivity index (χ4n) is 13.6. The molecule has 0 N–H and O–H groups in total. The summed E-state index contributed by atoms with van der Waals surface area (Å²) in [7, 11) is 13.5. The van der Waals surface area contributed by atoms with Gasteiger partial charge in [0.15, 0.2) is 0 Å². The normalized spacial score (nSPS) is 13.6. The second-order valence-electron chi connectivity index (χ2n) is 23.7. The van der Waals surface area contributed by atoms with Crippen LogP contribution in [0.15, 0.2) is 285 Å². The first kappa shape index (κ1) is 63.0. The minimum absolute atomic E-state index is 0.587. The van der Waals surface area contributed by atoms with Gasteiger partial charge in [0, 0.05) is 79.1 Å². The molecular weight excluding hydrogens is 1190 g/mol. The zero-order valence-corrected chi connectivity index (χ0v) is 55.4. The first-order valence-corrected chi connectivity index (χ1v) is 31.8. The Balaban J connectivity index is 1.04. The number of hydrogen-bond donors (Lipinski definition) is 0. The fourth-order valence-corrected chi connectivity index (χ4v) is 13.6. The number of fused-ring (bicyclic) bond motifs is 1. The Bertz CT molecular complexity index is 4220. The molecule has 12 aromatic carbocycles. The van der Waals surface area contributed by atoms with E-state index in [0.717, 1.165) is 131 Å². The summed E-state index contributed by atoms with van der Waals surface area (Å²) in [6.45, 7) is 2.42. The van der Waals surface area contributed by atoms with Crippen molar-refractivity contribution in [2.45, 2.75) is 24.2 Å². The maximum Gasteiger partial charge on any atom is 0.119 e. The monoisotopic (exact) mass is 1270 g/mol. The van der Waals surface area contributed by atoms with Gasteiger partial charge in [-0.05, 0) is 277 Å². The van der Waals surface area contributed by atoms with Gasteiger partial charge in [-0.15, -0.1) is 0 Å².